The summed E-state index contributed by atoms with van der Waals surface area (Å²) in [5.41, 5.74) is 2.06. The molecule has 1 aromatic heterocycles. The zero-order valence-electron chi connectivity index (χ0n) is 14.5. The van der Waals surface area contributed by atoms with E-state index in [1.807, 2.05) is 44.3 Å². The molecule has 2 rings (SSSR count). The number of unbranched alkanes of at least 4 members (excludes halogenated alkanes) is 1. The van der Waals surface area contributed by atoms with Gasteiger partial charge >= 0.3 is 0 Å². The van der Waals surface area contributed by atoms with E-state index in [4.69, 9.17) is 4.74 Å². The number of nitrogens with one attached hydrogen (secondary N) is 1. The predicted molar refractivity (Wildman–Crippen MR) is 95.3 cm³/mol. The van der Waals surface area contributed by atoms with Crippen LogP contribution in [0.1, 0.15) is 31.0 Å². The molecule has 0 amide bonds. The largest absolute Gasteiger partial charge is 0.496 e. The highest BCUT2D eigenvalue weighted by molar-refractivity contribution is 5.45. The lowest BCUT2D eigenvalue weighted by Crippen LogP contribution is -2.21. The fourth-order valence-corrected chi connectivity index (χ4v) is 2.34. The van der Waals surface area contributed by atoms with Gasteiger partial charge in [-0.1, -0.05) is 31.5 Å². The Hall–Kier alpha value is -2.30. The Balaban J connectivity index is 2.09. The molecule has 0 saturated carbocycles. The van der Waals surface area contributed by atoms with Gasteiger partial charge in [0.1, 0.15) is 11.6 Å². The number of hydrogen-bond acceptors (Lipinski definition) is 5. The number of para-hydroxylation sites is 1. The molecule has 0 spiro atoms. The van der Waals surface area contributed by atoms with E-state index in [-0.39, 0.29) is 0 Å². The van der Waals surface area contributed by atoms with Gasteiger partial charge in [0, 0.05) is 37.5 Å². The minimum atomic E-state index is 0.665. The van der Waals surface area contributed by atoms with Crippen LogP contribution < -0.4 is 15.0 Å². The molecule has 2 aromatic rings. The number of anilines is 2. The zero-order valence-corrected chi connectivity index (χ0v) is 14.5. The van der Waals surface area contributed by atoms with Crippen LogP contribution in [0.25, 0.3) is 0 Å². The van der Waals surface area contributed by atoms with Crippen molar-refractivity contribution >= 4 is 11.8 Å². The molecule has 1 aromatic carbocycles. The summed E-state index contributed by atoms with van der Waals surface area (Å²) in [4.78, 5) is 11.2. The second-order valence-electron chi connectivity index (χ2n) is 5.64. The van der Waals surface area contributed by atoms with Crippen molar-refractivity contribution in [2.75, 3.05) is 30.9 Å². The van der Waals surface area contributed by atoms with Crippen molar-refractivity contribution in [1.29, 1.82) is 0 Å². The van der Waals surface area contributed by atoms with Crippen molar-refractivity contribution in [2.24, 2.45) is 0 Å². The van der Waals surface area contributed by atoms with E-state index in [1.54, 1.807) is 7.11 Å². The summed E-state index contributed by atoms with van der Waals surface area (Å²) < 4.78 is 5.38. The van der Waals surface area contributed by atoms with E-state index < -0.39 is 0 Å². The minimum absolute atomic E-state index is 0.665. The van der Waals surface area contributed by atoms with Crippen LogP contribution in [0, 0.1) is 6.92 Å². The van der Waals surface area contributed by atoms with Crippen LogP contribution in [0.5, 0.6) is 5.75 Å². The number of rotatable bonds is 8. The van der Waals surface area contributed by atoms with Crippen LogP contribution >= 0.6 is 0 Å². The Morgan fingerprint density at radius 2 is 2.00 bits per heavy atom. The second-order valence-corrected chi connectivity index (χ2v) is 5.64. The van der Waals surface area contributed by atoms with Crippen molar-refractivity contribution < 1.29 is 4.74 Å². The molecule has 0 aliphatic carbocycles. The van der Waals surface area contributed by atoms with Gasteiger partial charge < -0.3 is 15.0 Å². The Kier molecular flexibility index (Phi) is 6.20. The number of benzene rings is 1. The number of methoxy groups -OCH3 is 1. The van der Waals surface area contributed by atoms with Gasteiger partial charge in [-0.25, -0.2) is 4.98 Å². The first kappa shape index (κ1) is 17.1. The first-order chi connectivity index (χ1) is 11.1. The lowest BCUT2D eigenvalue weighted by molar-refractivity contribution is 0.410. The number of ether oxygens (including phenoxy) is 1. The van der Waals surface area contributed by atoms with Crippen molar-refractivity contribution in [3.63, 3.8) is 0 Å². The first-order valence-electron chi connectivity index (χ1n) is 8.06. The number of hydrogen-bond donors (Lipinski definition) is 1. The molecule has 0 atom stereocenters. The van der Waals surface area contributed by atoms with Gasteiger partial charge in [-0.05, 0) is 19.4 Å². The van der Waals surface area contributed by atoms with Gasteiger partial charge in [-0.15, -0.1) is 0 Å². The molecule has 0 unspecified atom stereocenters. The third-order valence-corrected chi connectivity index (χ3v) is 3.68. The van der Waals surface area contributed by atoms with Gasteiger partial charge in [0.25, 0.3) is 0 Å². The number of nitrogens with zero attached hydrogens (tertiary/aromatic N) is 3. The summed E-state index contributed by atoms with van der Waals surface area (Å²) in [6.07, 6.45) is 2.30. The summed E-state index contributed by atoms with van der Waals surface area (Å²) in [7, 11) is 3.73. The number of aryl methyl sites for hydroxylation is 1. The van der Waals surface area contributed by atoms with Crippen molar-refractivity contribution in [2.45, 2.75) is 33.2 Å². The molecule has 5 nitrogen and oxygen atoms in total. The zero-order chi connectivity index (χ0) is 16.7. The van der Waals surface area contributed by atoms with E-state index >= 15 is 0 Å². The summed E-state index contributed by atoms with van der Waals surface area (Å²) in [6, 6.07) is 9.96. The third-order valence-electron chi connectivity index (χ3n) is 3.68. The maximum Gasteiger partial charge on any atom is 0.227 e. The van der Waals surface area contributed by atoms with Crippen molar-refractivity contribution in [3.05, 3.63) is 41.6 Å². The molecular weight excluding hydrogens is 288 g/mol. The molecule has 23 heavy (non-hydrogen) atoms. The van der Waals surface area contributed by atoms with Gasteiger partial charge in [-0.2, -0.15) is 4.98 Å². The maximum absolute atomic E-state index is 5.38. The Morgan fingerprint density at radius 1 is 1.22 bits per heavy atom. The highest BCUT2D eigenvalue weighted by atomic mass is 16.5. The van der Waals surface area contributed by atoms with Crippen LogP contribution in [-0.4, -0.2) is 30.7 Å². The van der Waals surface area contributed by atoms with E-state index in [9.17, 15) is 0 Å². The molecule has 5 heteroatoms. The summed E-state index contributed by atoms with van der Waals surface area (Å²) in [5.74, 6) is 2.48. The van der Waals surface area contributed by atoms with Crippen LogP contribution in [0.15, 0.2) is 30.3 Å². The molecule has 124 valence electrons. The third kappa shape index (κ3) is 4.84. The van der Waals surface area contributed by atoms with E-state index in [0.29, 0.717) is 6.54 Å². The first-order valence-corrected chi connectivity index (χ1v) is 8.06. The molecule has 0 aliphatic rings. The fourth-order valence-electron chi connectivity index (χ4n) is 2.34. The topological polar surface area (TPSA) is 50.3 Å². The monoisotopic (exact) mass is 314 g/mol. The highest BCUT2D eigenvalue weighted by Gasteiger charge is 2.08. The smallest absolute Gasteiger partial charge is 0.227 e. The van der Waals surface area contributed by atoms with Crippen LogP contribution in [-0.2, 0) is 6.54 Å². The number of aromatic nitrogens is 2. The summed E-state index contributed by atoms with van der Waals surface area (Å²) in [5, 5.41) is 3.37. The van der Waals surface area contributed by atoms with Gasteiger partial charge in [0.2, 0.25) is 5.95 Å². The maximum atomic E-state index is 5.38. The van der Waals surface area contributed by atoms with Crippen molar-refractivity contribution in [3.8, 4) is 5.75 Å². The average molecular weight is 314 g/mol. The molecule has 0 aliphatic heterocycles. The van der Waals surface area contributed by atoms with E-state index in [0.717, 1.165) is 48.2 Å². The van der Waals surface area contributed by atoms with Gasteiger partial charge in [-0.3, -0.25) is 0 Å². The minimum Gasteiger partial charge on any atom is -0.496 e. The quantitative estimate of drug-likeness (QED) is 0.806. The Morgan fingerprint density at radius 3 is 2.74 bits per heavy atom. The van der Waals surface area contributed by atoms with Crippen molar-refractivity contribution in [1.82, 2.24) is 9.97 Å². The van der Waals surface area contributed by atoms with Crippen LogP contribution in [0.4, 0.5) is 11.8 Å². The molecule has 1 N–H and O–H groups in total. The molecule has 0 radical (unpaired) electrons. The standard InChI is InChI=1S/C18H26N4O/c1-5-6-11-22(3)18-20-14(2)12-17(21-18)19-13-15-9-7-8-10-16(15)23-4/h7-10,12H,5-6,11,13H2,1-4H3,(H,19,20,21). The van der Waals surface area contributed by atoms with E-state index in [1.165, 1.54) is 0 Å². The molecule has 0 saturated heterocycles. The molecule has 0 bridgehead atoms. The van der Waals surface area contributed by atoms with Gasteiger partial charge in [0.05, 0.1) is 7.11 Å². The normalized spacial score (nSPS) is 10.4. The summed E-state index contributed by atoms with van der Waals surface area (Å²) >= 11 is 0. The Labute approximate surface area is 138 Å². The lowest BCUT2D eigenvalue weighted by Gasteiger charge is -2.18. The molecule has 0 fully saturated rings. The second kappa shape index (κ2) is 8.36. The fraction of sp³-hybridized carbons (Fsp3) is 0.444. The Bertz CT molecular complexity index is 630. The molecule has 1 heterocycles. The average Bonchev–Trinajstić information content (AvgIpc) is 2.57. The highest BCUT2D eigenvalue weighted by Crippen LogP contribution is 2.19. The van der Waals surface area contributed by atoms with E-state index in [2.05, 4.69) is 27.1 Å². The predicted octanol–water partition coefficient (Wildman–Crippen LogP) is 3.64. The van der Waals surface area contributed by atoms with Gasteiger partial charge in [0.15, 0.2) is 0 Å². The molecular formula is C18H26N4O. The summed E-state index contributed by atoms with van der Waals surface area (Å²) in [6.45, 7) is 5.81. The van der Waals surface area contributed by atoms with Crippen LogP contribution in [0.2, 0.25) is 0 Å². The SMILES string of the molecule is CCCCN(C)c1nc(C)cc(NCc2ccccc2OC)n1. The van der Waals surface area contributed by atoms with Crippen LogP contribution in [0.3, 0.4) is 0 Å². The lowest BCUT2D eigenvalue weighted by atomic mass is 10.2.